The molecule has 0 radical (unpaired) electrons. The maximum Gasteiger partial charge on any atom is 0.321 e. The van der Waals surface area contributed by atoms with Gasteiger partial charge in [0.2, 0.25) is 0 Å². The smallest absolute Gasteiger partial charge is 0.321 e. The number of hydrogen-bond donors (Lipinski definition) is 2. The van der Waals surface area contributed by atoms with Gasteiger partial charge >= 0.3 is 5.97 Å². The number of aryl methyl sites for hydroxylation is 1. The summed E-state index contributed by atoms with van der Waals surface area (Å²) in [6.45, 7) is 1.98. The van der Waals surface area contributed by atoms with Crippen LogP contribution in [0.1, 0.15) is 11.1 Å². The van der Waals surface area contributed by atoms with Crippen LogP contribution in [-0.4, -0.2) is 22.9 Å². The molecule has 1 atom stereocenters. The molecule has 1 aromatic carbocycles. The Morgan fingerprint density at radius 1 is 1.62 bits per heavy atom. The molecule has 88 valence electrons. The Bertz CT molecular complexity index is 384. The molecular formula is C11H14ClNO2S. The molecule has 16 heavy (non-hydrogen) atoms. The summed E-state index contributed by atoms with van der Waals surface area (Å²) in [4.78, 5) is 10.5. The number of aliphatic carboxylic acids is 1. The van der Waals surface area contributed by atoms with Gasteiger partial charge in [0.15, 0.2) is 0 Å². The van der Waals surface area contributed by atoms with E-state index in [4.69, 9.17) is 22.4 Å². The van der Waals surface area contributed by atoms with E-state index in [1.54, 1.807) is 0 Å². The monoisotopic (exact) mass is 259 g/mol. The largest absolute Gasteiger partial charge is 0.480 e. The molecule has 3 N–H and O–H groups in total. The lowest BCUT2D eigenvalue weighted by molar-refractivity contribution is -0.137. The summed E-state index contributed by atoms with van der Waals surface area (Å²) >= 11 is 7.52. The van der Waals surface area contributed by atoms with Crippen LogP contribution in [0.15, 0.2) is 18.2 Å². The zero-order valence-electron chi connectivity index (χ0n) is 8.94. The first kappa shape index (κ1) is 13.4. The first-order valence-electron chi connectivity index (χ1n) is 4.82. The van der Waals surface area contributed by atoms with Crippen LogP contribution in [0, 0.1) is 6.92 Å². The predicted octanol–water partition coefficient (Wildman–Crippen LogP) is 2.29. The average molecular weight is 260 g/mol. The van der Waals surface area contributed by atoms with E-state index in [1.807, 2.05) is 25.1 Å². The Balaban J connectivity index is 2.46. The number of carbonyl (C=O) groups is 1. The summed E-state index contributed by atoms with van der Waals surface area (Å²) in [6.07, 6.45) is 0. The van der Waals surface area contributed by atoms with E-state index in [0.29, 0.717) is 11.5 Å². The van der Waals surface area contributed by atoms with Crippen LogP contribution in [0.3, 0.4) is 0 Å². The molecule has 1 aromatic rings. The number of halogens is 1. The highest BCUT2D eigenvalue weighted by Gasteiger charge is 2.11. The van der Waals surface area contributed by atoms with Crippen molar-refractivity contribution in [1.82, 2.24) is 0 Å². The van der Waals surface area contributed by atoms with Gasteiger partial charge in [-0.3, -0.25) is 4.79 Å². The number of carboxylic acids is 1. The van der Waals surface area contributed by atoms with Gasteiger partial charge in [-0.25, -0.2) is 0 Å². The predicted molar refractivity (Wildman–Crippen MR) is 68.0 cm³/mol. The topological polar surface area (TPSA) is 63.3 Å². The molecule has 0 bridgehead atoms. The molecule has 0 amide bonds. The van der Waals surface area contributed by atoms with E-state index in [0.717, 1.165) is 16.1 Å². The lowest BCUT2D eigenvalue weighted by Crippen LogP contribution is -2.32. The standard InChI is InChI=1S/C11H14ClNO2S/c1-7-2-3-8(9(12)4-7)5-16-6-10(13)11(14)15/h2-4,10H,5-6,13H2,1H3,(H,14,15)/t10-/m1/s1. The Kier molecular flexibility index (Phi) is 5.12. The zero-order valence-corrected chi connectivity index (χ0v) is 10.5. The minimum absolute atomic E-state index is 0.388. The van der Waals surface area contributed by atoms with Gasteiger partial charge in [-0.15, -0.1) is 0 Å². The van der Waals surface area contributed by atoms with Crippen molar-refractivity contribution in [1.29, 1.82) is 0 Å². The molecule has 0 heterocycles. The lowest BCUT2D eigenvalue weighted by atomic mass is 10.2. The van der Waals surface area contributed by atoms with Crippen molar-refractivity contribution in [2.75, 3.05) is 5.75 Å². The third-order valence-electron chi connectivity index (χ3n) is 2.08. The van der Waals surface area contributed by atoms with Gasteiger partial charge in [0, 0.05) is 16.5 Å². The van der Waals surface area contributed by atoms with Crippen molar-refractivity contribution in [3.63, 3.8) is 0 Å². The molecule has 0 fully saturated rings. The second-order valence-electron chi connectivity index (χ2n) is 3.55. The molecule has 0 spiro atoms. The second kappa shape index (κ2) is 6.13. The summed E-state index contributed by atoms with van der Waals surface area (Å²) in [5.74, 6) is 0.0992. The van der Waals surface area contributed by atoms with Gasteiger partial charge < -0.3 is 10.8 Å². The number of thioether (sulfide) groups is 1. The van der Waals surface area contributed by atoms with Crippen molar-refractivity contribution in [3.8, 4) is 0 Å². The van der Waals surface area contributed by atoms with Crippen molar-refractivity contribution in [2.45, 2.75) is 18.7 Å². The van der Waals surface area contributed by atoms with Gasteiger partial charge in [-0.05, 0) is 24.1 Å². The van der Waals surface area contributed by atoms with Gasteiger partial charge in [-0.1, -0.05) is 23.7 Å². The fourth-order valence-electron chi connectivity index (χ4n) is 1.14. The lowest BCUT2D eigenvalue weighted by Gasteiger charge is -2.07. The average Bonchev–Trinajstić information content (AvgIpc) is 2.20. The van der Waals surface area contributed by atoms with E-state index in [-0.39, 0.29) is 0 Å². The van der Waals surface area contributed by atoms with E-state index < -0.39 is 12.0 Å². The molecule has 1 rings (SSSR count). The summed E-state index contributed by atoms with van der Waals surface area (Å²) in [5.41, 5.74) is 7.51. The van der Waals surface area contributed by atoms with Crippen LogP contribution in [0.5, 0.6) is 0 Å². The Morgan fingerprint density at radius 2 is 2.31 bits per heavy atom. The highest BCUT2D eigenvalue weighted by atomic mass is 35.5. The van der Waals surface area contributed by atoms with Crippen LogP contribution in [-0.2, 0) is 10.5 Å². The molecule has 0 aliphatic carbocycles. The van der Waals surface area contributed by atoms with Gasteiger partial charge in [0.05, 0.1) is 0 Å². The fraction of sp³-hybridized carbons (Fsp3) is 0.364. The quantitative estimate of drug-likeness (QED) is 0.852. The SMILES string of the molecule is Cc1ccc(CSC[C@@H](N)C(=O)O)c(Cl)c1. The summed E-state index contributed by atoms with van der Waals surface area (Å²) < 4.78 is 0. The summed E-state index contributed by atoms with van der Waals surface area (Å²) in [7, 11) is 0. The zero-order chi connectivity index (χ0) is 12.1. The van der Waals surface area contributed by atoms with Crippen LogP contribution >= 0.6 is 23.4 Å². The third kappa shape index (κ3) is 4.04. The Morgan fingerprint density at radius 3 is 2.88 bits per heavy atom. The molecule has 3 nitrogen and oxygen atoms in total. The molecule has 0 unspecified atom stereocenters. The molecule has 0 saturated carbocycles. The molecule has 0 aromatic heterocycles. The van der Waals surface area contributed by atoms with Gasteiger partial charge in [0.1, 0.15) is 6.04 Å². The highest BCUT2D eigenvalue weighted by molar-refractivity contribution is 7.98. The van der Waals surface area contributed by atoms with Crippen LogP contribution in [0.25, 0.3) is 0 Å². The van der Waals surface area contributed by atoms with E-state index in [9.17, 15) is 4.79 Å². The van der Waals surface area contributed by atoms with Crippen LogP contribution < -0.4 is 5.73 Å². The van der Waals surface area contributed by atoms with E-state index in [2.05, 4.69) is 0 Å². The summed E-state index contributed by atoms with van der Waals surface area (Å²) in [6, 6.07) is 5.03. The molecule has 0 aliphatic rings. The number of hydrogen-bond acceptors (Lipinski definition) is 3. The molecule has 0 aliphatic heterocycles. The maximum atomic E-state index is 10.5. The van der Waals surface area contributed by atoms with Gasteiger partial charge in [-0.2, -0.15) is 11.8 Å². The number of rotatable bonds is 5. The maximum absolute atomic E-state index is 10.5. The normalized spacial score (nSPS) is 12.4. The van der Waals surface area contributed by atoms with Crippen LogP contribution in [0.4, 0.5) is 0 Å². The van der Waals surface area contributed by atoms with Crippen molar-refractivity contribution >= 4 is 29.3 Å². The van der Waals surface area contributed by atoms with E-state index in [1.165, 1.54) is 11.8 Å². The second-order valence-corrected chi connectivity index (χ2v) is 4.99. The minimum Gasteiger partial charge on any atom is -0.480 e. The molecule has 0 saturated heterocycles. The number of benzene rings is 1. The minimum atomic E-state index is -0.970. The first-order valence-corrected chi connectivity index (χ1v) is 6.35. The molecule has 5 heteroatoms. The highest BCUT2D eigenvalue weighted by Crippen LogP contribution is 2.22. The van der Waals surface area contributed by atoms with Crippen molar-refractivity contribution in [3.05, 3.63) is 34.3 Å². The van der Waals surface area contributed by atoms with Crippen molar-refractivity contribution in [2.24, 2.45) is 5.73 Å². The Labute approximate surface area is 104 Å². The Hall–Kier alpha value is -0.710. The van der Waals surface area contributed by atoms with Crippen LogP contribution in [0.2, 0.25) is 5.02 Å². The third-order valence-corrected chi connectivity index (χ3v) is 3.54. The number of nitrogens with two attached hydrogens (primary N) is 1. The van der Waals surface area contributed by atoms with Crippen molar-refractivity contribution < 1.29 is 9.90 Å². The number of carboxylic acid groups (broad SMARTS) is 1. The summed E-state index contributed by atoms with van der Waals surface area (Å²) in [5, 5.41) is 9.32. The fourth-order valence-corrected chi connectivity index (χ4v) is 2.50. The van der Waals surface area contributed by atoms with E-state index >= 15 is 0 Å². The first-order chi connectivity index (χ1) is 7.50. The molecular weight excluding hydrogens is 246 g/mol. The van der Waals surface area contributed by atoms with Gasteiger partial charge in [0.25, 0.3) is 0 Å².